The molecule has 0 amide bonds. The zero-order valence-corrected chi connectivity index (χ0v) is 13.5. The first-order valence-corrected chi connectivity index (χ1v) is 7.85. The lowest BCUT2D eigenvalue weighted by atomic mass is 10.1. The highest BCUT2D eigenvalue weighted by Crippen LogP contribution is 2.34. The maximum atomic E-state index is 11.3. The van der Waals surface area contributed by atoms with Crippen molar-refractivity contribution in [2.24, 2.45) is 5.92 Å². The third kappa shape index (κ3) is 3.48. The molecule has 1 aliphatic carbocycles. The molecule has 1 heterocycles. The normalized spacial score (nSPS) is 15.8. The Bertz CT molecular complexity index is 487. The van der Waals surface area contributed by atoms with Crippen LogP contribution >= 0.6 is 15.9 Å². The Balaban J connectivity index is 2.39. The summed E-state index contributed by atoms with van der Waals surface area (Å²) in [6.07, 6.45) is 6.24. The highest BCUT2D eigenvalue weighted by atomic mass is 79.9. The van der Waals surface area contributed by atoms with Crippen LogP contribution in [0.15, 0.2) is 16.7 Å². The summed E-state index contributed by atoms with van der Waals surface area (Å²) >= 11 is 3.26. The molecule has 0 spiro atoms. The largest absolute Gasteiger partial charge is 0.348 e. The monoisotopic (exact) mass is 341 g/mol. The van der Waals surface area contributed by atoms with Crippen LogP contribution in [0.2, 0.25) is 0 Å². The molecular formula is C14H20BrN3O2. The number of halogens is 1. The molecule has 5 nitrogen and oxygen atoms in total. The number of pyridine rings is 1. The molecule has 20 heavy (non-hydrogen) atoms. The Hall–Kier alpha value is -1.17. The van der Waals surface area contributed by atoms with Crippen molar-refractivity contribution in [3.63, 3.8) is 0 Å². The summed E-state index contributed by atoms with van der Waals surface area (Å²) in [7, 11) is 0. The lowest BCUT2D eigenvalue weighted by Crippen LogP contribution is -2.37. The number of rotatable bonds is 5. The maximum Gasteiger partial charge on any atom is 0.312 e. The van der Waals surface area contributed by atoms with Gasteiger partial charge in [-0.15, -0.1) is 0 Å². The summed E-state index contributed by atoms with van der Waals surface area (Å²) in [4.78, 5) is 17.4. The average Bonchev–Trinajstić information content (AvgIpc) is 2.89. The van der Waals surface area contributed by atoms with E-state index in [-0.39, 0.29) is 10.6 Å². The molecule has 1 aromatic heterocycles. The summed E-state index contributed by atoms with van der Waals surface area (Å²) in [6.45, 7) is 5.07. The lowest BCUT2D eigenvalue weighted by Gasteiger charge is -2.31. The van der Waals surface area contributed by atoms with Crippen LogP contribution < -0.4 is 4.90 Å². The Morgan fingerprint density at radius 3 is 2.70 bits per heavy atom. The summed E-state index contributed by atoms with van der Waals surface area (Å²) in [6, 6.07) is 1.93. The van der Waals surface area contributed by atoms with Crippen LogP contribution in [-0.4, -0.2) is 22.5 Å². The van der Waals surface area contributed by atoms with Gasteiger partial charge in [-0.25, -0.2) is 4.98 Å². The fourth-order valence-electron chi connectivity index (χ4n) is 2.79. The fraction of sp³-hybridized carbons (Fsp3) is 0.643. The number of nitrogens with zero attached hydrogens (tertiary/aromatic N) is 3. The zero-order chi connectivity index (χ0) is 14.7. The third-order valence-electron chi connectivity index (χ3n) is 3.61. The first-order valence-electron chi connectivity index (χ1n) is 7.05. The van der Waals surface area contributed by atoms with Gasteiger partial charge in [-0.05, 0) is 34.7 Å². The first-order chi connectivity index (χ1) is 9.49. The zero-order valence-electron chi connectivity index (χ0n) is 11.9. The van der Waals surface area contributed by atoms with E-state index in [0.29, 0.717) is 22.3 Å². The molecule has 0 N–H and O–H groups in total. The molecule has 2 rings (SSSR count). The quantitative estimate of drug-likeness (QED) is 0.596. The minimum atomic E-state index is -0.338. The van der Waals surface area contributed by atoms with Crippen LogP contribution in [0.4, 0.5) is 11.5 Å². The average molecular weight is 342 g/mol. The van der Waals surface area contributed by atoms with Gasteiger partial charge in [0.15, 0.2) is 0 Å². The van der Waals surface area contributed by atoms with E-state index in [1.807, 2.05) is 0 Å². The summed E-state index contributed by atoms with van der Waals surface area (Å²) in [5.41, 5.74) is 0.0897. The lowest BCUT2D eigenvalue weighted by molar-refractivity contribution is -0.384. The predicted molar refractivity (Wildman–Crippen MR) is 83.0 cm³/mol. The summed E-state index contributed by atoms with van der Waals surface area (Å²) in [5, 5.41) is 11.3. The van der Waals surface area contributed by atoms with E-state index in [2.05, 4.69) is 39.7 Å². The van der Waals surface area contributed by atoms with Crippen molar-refractivity contribution in [3.05, 3.63) is 26.9 Å². The Morgan fingerprint density at radius 1 is 1.50 bits per heavy atom. The fourth-order valence-corrected chi connectivity index (χ4v) is 3.11. The van der Waals surface area contributed by atoms with Crippen LogP contribution in [0.3, 0.4) is 0 Å². The van der Waals surface area contributed by atoms with Gasteiger partial charge >= 0.3 is 5.69 Å². The SMILES string of the molecule is CC(C)CN(c1ncc(Br)cc1[N+](=O)[O-])C1CCCC1. The molecule has 110 valence electrons. The molecule has 1 aromatic rings. The number of hydrogen-bond donors (Lipinski definition) is 0. The van der Waals surface area contributed by atoms with Gasteiger partial charge in [-0.2, -0.15) is 0 Å². The number of anilines is 1. The van der Waals surface area contributed by atoms with Gasteiger partial charge in [-0.3, -0.25) is 10.1 Å². The molecule has 0 aromatic carbocycles. The minimum absolute atomic E-state index is 0.0897. The topological polar surface area (TPSA) is 59.3 Å². The predicted octanol–water partition coefficient (Wildman–Crippen LogP) is 4.16. The molecular weight excluding hydrogens is 322 g/mol. The summed E-state index contributed by atoms with van der Waals surface area (Å²) in [5.74, 6) is 0.958. The van der Waals surface area contributed by atoms with Gasteiger partial charge in [0.2, 0.25) is 5.82 Å². The van der Waals surface area contributed by atoms with Crippen molar-refractivity contribution < 1.29 is 4.92 Å². The Morgan fingerprint density at radius 2 is 2.15 bits per heavy atom. The van der Waals surface area contributed by atoms with E-state index < -0.39 is 0 Å². The second-order valence-corrected chi connectivity index (χ2v) is 6.65. The van der Waals surface area contributed by atoms with Gasteiger partial charge in [0.1, 0.15) is 0 Å². The minimum Gasteiger partial charge on any atom is -0.348 e. The van der Waals surface area contributed by atoms with Gasteiger partial charge in [-0.1, -0.05) is 26.7 Å². The highest BCUT2D eigenvalue weighted by Gasteiger charge is 2.29. The molecule has 1 aliphatic rings. The van der Waals surface area contributed by atoms with Crippen LogP contribution in [0.5, 0.6) is 0 Å². The molecule has 1 fully saturated rings. The Kier molecular flexibility index (Phi) is 4.96. The van der Waals surface area contributed by atoms with Crippen molar-refractivity contribution in [3.8, 4) is 0 Å². The molecule has 0 aliphatic heterocycles. The van der Waals surface area contributed by atoms with Gasteiger partial charge < -0.3 is 4.90 Å². The number of hydrogen-bond acceptors (Lipinski definition) is 4. The van der Waals surface area contributed by atoms with Gasteiger partial charge in [0, 0.05) is 29.3 Å². The molecule has 1 saturated carbocycles. The van der Waals surface area contributed by atoms with Crippen LogP contribution in [0.1, 0.15) is 39.5 Å². The van der Waals surface area contributed by atoms with Gasteiger partial charge in [0.05, 0.1) is 4.92 Å². The van der Waals surface area contributed by atoms with E-state index in [9.17, 15) is 10.1 Å². The van der Waals surface area contributed by atoms with E-state index >= 15 is 0 Å². The second-order valence-electron chi connectivity index (χ2n) is 5.74. The third-order valence-corrected chi connectivity index (χ3v) is 4.04. The van der Waals surface area contributed by atoms with E-state index in [0.717, 1.165) is 19.4 Å². The highest BCUT2D eigenvalue weighted by molar-refractivity contribution is 9.10. The van der Waals surface area contributed by atoms with Crippen molar-refractivity contribution >= 4 is 27.4 Å². The molecule has 0 atom stereocenters. The summed E-state index contributed by atoms with van der Waals surface area (Å²) < 4.78 is 0.642. The Labute approximate surface area is 127 Å². The number of nitro groups is 1. The van der Waals surface area contributed by atoms with Gasteiger partial charge in [0.25, 0.3) is 0 Å². The van der Waals surface area contributed by atoms with Crippen molar-refractivity contribution in [1.29, 1.82) is 0 Å². The first kappa shape index (κ1) is 15.2. The smallest absolute Gasteiger partial charge is 0.312 e. The van der Waals surface area contributed by atoms with Crippen LogP contribution in [0.25, 0.3) is 0 Å². The molecule has 0 saturated heterocycles. The van der Waals surface area contributed by atoms with Crippen molar-refractivity contribution in [1.82, 2.24) is 4.98 Å². The maximum absolute atomic E-state index is 11.3. The second kappa shape index (κ2) is 6.52. The van der Waals surface area contributed by atoms with E-state index in [1.54, 1.807) is 12.3 Å². The van der Waals surface area contributed by atoms with Crippen LogP contribution in [-0.2, 0) is 0 Å². The molecule has 6 heteroatoms. The molecule has 0 radical (unpaired) electrons. The van der Waals surface area contributed by atoms with E-state index in [4.69, 9.17) is 0 Å². The van der Waals surface area contributed by atoms with Crippen molar-refractivity contribution in [2.75, 3.05) is 11.4 Å². The van der Waals surface area contributed by atoms with Crippen molar-refractivity contribution in [2.45, 2.75) is 45.6 Å². The van der Waals surface area contributed by atoms with Crippen LogP contribution in [0, 0.1) is 16.0 Å². The molecule has 0 unspecified atom stereocenters. The van der Waals surface area contributed by atoms with E-state index in [1.165, 1.54) is 12.8 Å². The molecule has 0 bridgehead atoms. The standard InChI is InChI=1S/C14H20BrN3O2/c1-10(2)9-17(12-5-3-4-6-12)14-13(18(19)20)7-11(15)8-16-14/h7-8,10,12H,3-6,9H2,1-2H3. The number of aromatic nitrogens is 1.